The molecule has 1 aromatic carbocycles. The van der Waals surface area contributed by atoms with Crippen LogP contribution in [0.5, 0.6) is 0 Å². The monoisotopic (exact) mass is 408 g/mol. The Balaban J connectivity index is 1.54. The third-order valence-corrected chi connectivity index (χ3v) is 7.22. The minimum Gasteiger partial charge on any atom is -0.469 e. The fourth-order valence-corrected chi connectivity index (χ4v) is 5.28. The second-order valence-electron chi connectivity index (χ2n) is 8.54. The zero-order valence-corrected chi connectivity index (χ0v) is 17.5. The third-order valence-electron chi connectivity index (χ3n) is 6.72. The van der Waals surface area contributed by atoms with Crippen LogP contribution in [0.3, 0.4) is 0 Å². The Labute approximate surface area is 173 Å². The summed E-state index contributed by atoms with van der Waals surface area (Å²) in [6, 6.07) is 8.18. The molecule has 0 heterocycles. The topological polar surface area (TPSA) is 66.8 Å². The van der Waals surface area contributed by atoms with Gasteiger partial charge in [-0.1, -0.05) is 43.5 Å². The lowest BCUT2D eigenvalue weighted by Gasteiger charge is -2.37. The van der Waals surface area contributed by atoms with E-state index in [0.29, 0.717) is 12.8 Å². The van der Waals surface area contributed by atoms with Gasteiger partial charge >= 0.3 is 5.97 Å². The number of carbonyl (C=O) groups is 1. The summed E-state index contributed by atoms with van der Waals surface area (Å²) < 4.78 is 4.67. The molecule has 4 atom stereocenters. The van der Waals surface area contributed by atoms with Gasteiger partial charge in [-0.2, -0.15) is 0 Å². The average Bonchev–Trinajstić information content (AvgIpc) is 2.95. The van der Waals surface area contributed by atoms with Gasteiger partial charge in [-0.05, 0) is 55.6 Å². The predicted molar refractivity (Wildman–Crippen MR) is 110 cm³/mol. The molecule has 1 aromatic rings. The SMILES string of the molecule is COC(=O)CCCCCC[C@@H]1[C@@H](c2ccc(C3(O)CCC3)cc2)[C@H](O)C[C@@H]1Cl. The van der Waals surface area contributed by atoms with Gasteiger partial charge in [0.25, 0.3) is 0 Å². The molecule has 0 saturated heterocycles. The Kier molecular flexibility index (Phi) is 7.41. The van der Waals surface area contributed by atoms with E-state index in [0.717, 1.165) is 62.5 Å². The highest BCUT2D eigenvalue weighted by atomic mass is 35.5. The van der Waals surface area contributed by atoms with Crippen molar-refractivity contribution in [1.82, 2.24) is 0 Å². The lowest BCUT2D eigenvalue weighted by molar-refractivity contribution is -0.140. The summed E-state index contributed by atoms with van der Waals surface area (Å²) in [6.45, 7) is 0. The first kappa shape index (κ1) is 21.6. The molecule has 0 amide bonds. The molecule has 2 N–H and O–H groups in total. The van der Waals surface area contributed by atoms with Crippen LogP contribution in [0.4, 0.5) is 0 Å². The number of hydrogen-bond acceptors (Lipinski definition) is 4. The number of hydrogen-bond donors (Lipinski definition) is 2. The summed E-state index contributed by atoms with van der Waals surface area (Å²) in [6.07, 6.45) is 8.42. The van der Waals surface area contributed by atoms with E-state index in [9.17, 15) is 15.0 Å². The normalized spacial score (nSPS) is 28.7. The summed E-state index contributed by atoms with van der Waals surface area (Å²) in [5.41, 5.74) is 1.46. The van der Waals surface area contributed by atoms with Crippen LogP contribution >= 0.6 is 11.6 Å². The molecule has 0 aromatic heterocycles. The van der Waals surface area contributed by atoms with E-state index in [-0.39, 0.29) is 23.2 Å². The second kappa shape index (κ2) is 9.60. The van der Waals surface area contributed by atoms with Gasteiger partial charge in [-0.25, -0.2) is 0 Å². The van der Waals surface area contributed by atoms with Crippen LogP contribution in [-0.4, -0.2) is 34.8 Å². The van der Waals surface area contributed by atoms with Crippen molar-refractivity contribution in [2.24, 2.45) is 5.92 Å². The third kappa shape index (κ3) is 4.90. The summed E-state index contributed by atoms with van der Waals surface area (Å²) in [5, 5.41) is 21.1. The highest BCUT2D eigenvalue weighted by Crippen LogP contribution is 2.46. The number of rotatable bonds is 9. The summed E-state index contributed by atoms with van der Waals surface area (Å²) in [4.78, 5) is 11.2. The maximum Gasteiger partial charge on any atom is 0.305 e. The van der Waals surface area contributed by atoms with Gasteiger partial charge in [-0.3, -0.25) is 4.79 Å². The van der Waals surface area contributed by atoms with E-state index in [1.807, 2.05) is 12.1 Å². The lowest BCUT2D eigenvalue weighted by Crippen LogP contribution is -2.33. The van der Waals surface area contributed by atoms with Crippen LogP contribution in [-0.2, 0) is 15.1 Å². The zero-order chi connectivity index (χ0) is 20.1. The Morgan fingerprint density at radius 3 is 2.46 bits per heavy atom. The van der Waals surface area contributed by atoms with E-state index in [2.05, 4.69) is 16.9 Å². The number of aliphatic hydroxyl groups is 2. The molecule has 0 spiro atoms. The number of halogens is 1. The van der Waals surface area contributed by atoms with Crippen LogP contribution in [0, 0.1) is 5.92 Å². The zero-order valence-electron chi connectivity index (χ0n) is 16.8. The Morgan fingerprint density at radius 2 is 1.86 bits per heavy atom. The van der Waals surface area contributed by atoms with Crippen molar-refractivity contribution >= 4 is 17.6 Å². The van der Waals surface area contributed by atoms with Crippen molar-refractivity contribution in [3.8, 4) is 0 Å². The number of benzene rings is 1. The van der Waals surface area contributed by atoms with Crippen molar-refractivity contribution in [2.45, 2.75) is 87.2 Å². The van der Waals surface area contributed by atoms with Gasteiger partial charge in [0.1, 0.15) is 0 Å². The van der Waals surface area contributed by atoms with Crippen molar-refractivity contribution in [1.29, 1.82) is 0 Å². The van der Waals surface area contributed by atoms with Gasteiger partial charge in [-0.15, -0.1) is 11.6 Å². The number of unbranched alkanes of at least 4 members (excludes halogenated alkanes) is 3. The van der Waals surface area contributed by atoms with Crippen LogP contribution in [0.25, 0.3) is 0 Å². The van der Waals surface area contributed by atoms with Crippen LogP contribution < -0.4 is 0 Å². The van der Waals surface area contributed by atoms with E-state index in [1.54, 1.807) is 0 Å². The second-order valence-corrected chi connectivity index (χ2v) is 9.11. The molecule has 0 aliphatic heterocycles. The maximum absolute atomic E-state index is 11.2. The highest BCUT2D eigenvalue weighted by Gasteiger charge is 2.42. The van der Waals surface area contributed by atoms with Gasteiger partial charge in [0.2, 0.25) is 0 Å². The fraction of sp³-hybridized carbons (Fsp3) is 0.696. The molecular formula is C23H33ClO4. The van der Waals surface area contributed by atoms with Crippen molar-refractivity contribution in [2.75, 3.05) is 7.11 Å². The first-order chi connectivity index (χ1) is 13.4. The molecule has 28 heavy (non-hydrogen) atoms. The van der Waals surface area contributed by atoms with Gasteiger partial charge in [0.15, 0.2) is 0 Å². The standard InChI is InChI=1S/C23H33ClO4/c1-28-21(26)8-5-3-2-4-7-18-19(24)15-20(25)22(18)16-9-11-17(12-10-16)23(27)13-6-14-23/h9-12,18-20,22,25,27H,2-8,13-15H2,1H3/t18-,19-,20+,22+/m0/s1. The molecule has 2 aliphatic carbocycles. The maximum atomic E-state index is 11.2. The Hall–Kier alpha value is -1.10. The predicted octanol–water partition coefficient (Wildman–Crippen LogP) is 4.64. The summed E-state index contributed by atoms with van der Waals surface area (Å²) in [7, 11) is 1.42. The molecular weight excluding hydrogens is 376 g/mol. The van der Waals surface area contributed by atoms with Crippen molar-refractivity contribution < 1.29 is 19.7 Å². The molecule has 0 bridgehead atoms. The number of alkyl halides is 1. The van der Waals surface area contributed by atoms with Crippen molar-refractivity contribution in [3.05, 3.63) is 35.4 Å². The largest absolute Gasteiger partial charge is 0.469 e. The molecule has 0 unspecified atom stereocenters. The molecule has 0 radical (unpaired) electrons. The minimum atomic E-state index is -0.647. The summed E-state index contributed by atoms with van der Waals surface area (Å²) in [5.74, 6) is 0.173. The van der Waals surface area contributed by atoms with Crippen LogP contribution in [0.2, 0.25) is 0 Å². The lowest BCUT2D eigenvalue weighted by atomic mass is 9.74. The Bertz CT molecular complexity index is 641. The van der Waals surface area contributed by atoms with E-state index in [1.165, 1.54) is 7.11 Å². The minimum absolute atomic E-state index is 0.00874. The number of carbonyl (C=O) groups excluding carboxylic acids is 1. The van der Waals surface area contributed by atoms with Gasteiger partial charge < -0.3 is 14.9 Å². The molecule has 2 saturated carbocycles. The average molecular weight is 409 g/mol. The molecule has 2 aliphatic rings. The molecule has 4 nitrogen and oxygen atoms in total. The number of aliphatic hydroxyl groups excluding tert-OH is 1. The molecule has 3 rings (SSSR count). The number of ether oxygens (including phenoxy) is 1. The number of methoxy groups -OCH3 is 1. The quantitative estimate of drug-likeness (QED) is 0.354. The fourth-order valence-electron chi connectivity index (χ4n) is 4.81. The number of esters is 1. The van der Waals surface area contributed by atoms with Gasteiger partial charge in [0.05, 0.1) is 18.8 Å². The van der Waals surface area contributed by atoms with E-state index < -0.39 is 11.7 Å². The molecule has 2 fully saturated rings. The molecule has 5 heteroatoms. The van der Waals surface area contributed by atoms with E-state index >= 15 is 0 Å². The van der Waals surface area contributed by atoms with Crippen LogP contribution in [0.1, 0.15) is 81.3 Å². The first-order valence-corrected chi connectivity index (χ1v) is 11.1. The van der Waals surface area contributed by atoms with E-state index in [4.69, 9.17) is 11.6 Å². The Morgan fingerprint density at radius 1 is 1.18 bits per heavy atom. The van der Waals surface area contributed by atoms with Gasteiger partial charge in [0, 0.05) is 17.7 Å². The van der Waals surface area contributed by atoms with Crippen LogP contribution in [0.15, 0.2) is 24.3 Å². The smallest absolute Gasteiger partial charge is 0.305 e. The molecule has 156 valence electrons. The van der Waals surface area contributed by atoms with Crippen molar-refractivity contribution in [3.63, 3.8) is 0 Å². The first-order valence-electron chi connectivity index (χ1n) is 10.7. The summed E-state index contributed by atoms with van der Waals surface area (Å²) >= 11 is 6.59. The highest BCUT2D eigenvalue weighted by molar-refractivity contribution is 6.21.